The maximum Gasteiger partial charge on any atom is 0.416 e. The van der Waals surface area contributed by atoms with E-state index >= 15 is 0 Å². The van der Waals surface area contributed by atoms with Gasteiger partial charge in [0.25, 0.3) is 0 Å². The number of benzene rings is 1. The minimum Gasteiger partial charge on any atom is -0.462 e. The number of unbranched alkanes of at least 4 members (excludes halogenated alkanes) is 3. The van der Waals surface area contributed by atoms with Gasteiger partial charge >= 0.3 is 12.1 Å². The standard InChI is InChI=1S/C14H17F3O2/c1-2-3-4-5-10-19-13(18)11-6-8-12(9-7-11)14(15,16)17/h6-9H,2-5,10H2,1H3. The summed E-state index contributed by atoms with van der Waals surface area (Å²) in [5, 5.41) is 0. The Balaban J connectivity index is 2.45. The van der Waals surface area contributed by atoms with Crippen LogP contribution in [0.4, 0.5) is 13.2 Å². The Bertz CT molecular complexity index is 396. The molecule has 1 aromatic carbocycles. The highest BCUT2D eigenvalue weighted by Gasteiger charge is 2.30. The lowest BCUT2D eigenvalue weighted by atomic mass is 10.1. The van der Waals surface area contributed by atoms with E-state index in [9.17, 15) is 18.0 Å². The summed E-state index contributed by atoms with van der Waals surface area (Å²) >= 11 is 0. The number of esters is 1. The van der Waals surface area contributed by atoms with Crippen molar-refractivity contribution in [3.05, 3.63) is 35.4 Å². The van der Waals surface area contributed by atoms with E-state index in [1.54, 1.807) is 0 Å². The van der Waals surface area contributed by atoms with Crippen molar-refractivity contribution in [3.8, 4) is 0 Å². The van der Waals surface area contributed by atoms with Crippen LogP contribution in [0.15, 0.2) is 24.3 Å². The largest absolute Gasteiger partial charge is 0.462 e. The smallest absolute Gasteiger partial charge is 0.416 e. The predicted octanol–water partition coefficient (Wildman–Crippen LogP) is 4.44. The fourth-order valence-corrected chi connectivity index (χ4v) is 1.57. The molecule has 0 unspecified atom stereocenters. The van der Waals surface area contributed by atoms with E-state index in [1.807, 2.05) is 0 Å². The van der Waals surface area contributed by atoms with Gasteiger partial charge in [0.15, 0.2) is 0 Å². The van der Waals surface area contributed by atoms with Crippen LogP contribution in [0.3, 0.4) is 0 Å². The van der Waals surface area contributed by atoms with E-state index in [1.165, 1.54) is 0 Å². The quantitative estimate of drug-likeness (QED) is 0.566. The summed E-state index contributed by atoms with van der Waals surface area (Å²) in [5.41, 5.74) is -0.629. The van der Waals surface area contributed by atoms with Crippen LogP contribution in [0.5, 0.6) is 0 Å². The van der Waals surface area contributed by atoms with Crippen LogP contribution in [-0.4, -0.2) is 12.6 Å². The fraction of sp³-hybridized carbons (Fsp3) is 0.500. The number of halogens is 3. The van der Waals surface area contributed by atoms with Crippen LogP contribution >= 0.6 is 0 Å². The van der Waals surface area contributed by atoms with Crippen molar-refractivity contribution in [3.63, 3.8) is 0 Å². The molecule has 0 N–H and O–H groups in total. The number of alkyl halides is 3. The van der Waals surface area contributed by atoms with Crippen LogP contribution in [0.1, 0.15) is 48.5 Å². The molecule has 0 aromatic heterocycles. The number of carbonyl (C=O) groups is 1. The minimum absolute atomic E-state index is 0.142. The highest BCUT2D eigenvalue weighted by molar-refractivity contribution is 5.89. The molecule has 0 saturated heterocycles. The number of hydrogen-bond acceptors (Lipinski definition) is 2. The summed E-state index contributed by atoms with van der Waals surface area (Å²) in [5.74, 6) is -0.578. The van der Waals surface area contributed by atoms with E-state index in [0.29, 0.717) is 6.61 Å². The van der Waals surface area contributed by atoms with E-state index in [-0.39, 0.29) is 5.56 Å². The number of hydrogen-bond donors (Lipinski definition) is 0. The second kappa shape index (κ2) is 7.16. The van der Waals surface area contributed by atoms with E-state index < -0.39 is 17.7 Å². The highest BCUT2D eigenvalue weighted by atomic mass is 19.4. The van der Waals surface area contributed by atoms with Crippen LogP contribution in [0.2, 0.25) is 0 Å². The normalized spacial score (nSPS) is 11.4. The molecule has 0 atom stereocenters. The molecule has 0 bridgehead atoms. The SMILES string of the molecule is CCCCCCOC(=O)c1ccc(C(F)(F)F)cc1. The van der Waals surface area contributed by atoms with E-state index in [2.05, 4.69) is 6.92 Å². The molecule has 1 rings (SSSR count). The van der Waals surface area contributed by atoms with Gasteiger partial charge in [0.1, 0.15) is 0 Å². The first-order valence-corrected chi connectivity index (χ1v) is 6.29. The zero-order valence-corrected chi connectivity index (χ0v) is 10.8. The zero-order valence-electron chi connectivity index (χ0n) is 10.8. The molecule has 0 aliphatic heterocycles. The molecule has 1 aromatic rings. The van der Waals surface area contributed by atoms with Crippen LogP contribution < -0.4 is 0 Å². The van der Waals surface area contributed by atoms with Gasteiger partial charge in [0, 0.05) is 0 Å². The van der Waals surface area contributed by atoms with Gasteiger partial charge in [-0.3, -0.25) is 0 Å². The van der Waals surface area contributed by atoms with Gasteiger partial charge in [-0.05, 0) is 30.7 Å². The molecule has 0 saturated carbocycles. The van der Waals surface area contributed by atoms with E-state index in [0.717, 1.165) is 49.9 Å². The van der Waals surface area contributed by atoms with Gasteiger partial charge in [0.05, 0.1) is 17.7 Å². The summed E-state index contributed by atoms with van der Waals surface area (Å²) in [6.45, 7) is 2.38. The summed E-state index contributed by atoms with van der Waals surface area (Å²) in [7, 11) is 0. The lowest BCUT2D eigenvalue weighted by Gasteiger charge is -2.08. The molecule has 0 amide bonds. The minimum atomic E-state index is -4.39. The third-order valence-electron chi connectivity index (χ3n) is 2.68. The summed E-state index contributed by atoms with van der Waals surface area (Å²) < 4.78 is 42.0. The maximum absolute atomic E-state index is 12.3. The Morgan fingerprint density at radius 2 is 1.74 bits per heavy atom. The van der Waals surface area contributed by atoms with E-state index in [4.69, 9.17) is 4.74 Å². The Kier molecular flexibility index (Phi) is 5.86. The van der Waals surface area contributed by atoms with Crippen LogP contribution in [0, 0.1) is 0 Å². The van der Waals surface area contributed by atoms with Crippen molar-refractivity contribution < 1.29 is 22.7 Å². The maximum atomic E-state index is 12.3. The number of ether oxygens (including phenoxy) is 1. The molecule has 106 valence electrons. The Labute approximate surface area is 110 Å². The molecule has 0 aliphatic rings. The van der Waals surface area contributed by atoms with Gasteiger partial charge in [-0.15, -0.1) is 0 Å². The molecule has 0 heterocycles. The number of rotatable bonds is 6. The first-order valence-electron chi connectivity index (χ1n) is 6.29. The average molecular weight is 274 g/mol. The molecule has 5 heteroatoms. The second-order valence-corrected chi connectivity index (χ2v) is 4.27. The molecule has 2 nitrogen and oxygen atoms in total. The summed E-state index contributed by atoms with van der Waals surface area (Å²) in [4.78, 5) is 11.5. The first-order chi connectivity index (χ1) is 8.95. The molecule has 0 radical (unpaired) electrons. The third kappa shape index (κ3) is 5.32. The lowest BCUT2D eigenvalue weighted by molar-refractivity contribution is -0.137. The monoisotopic (exact) mass is 274 g/mol. The van der Waals surface area contributed by atoms with Crippen molar-refractivity contribution in [1.29, 1.82) is 0 Å². The summed E-state index contributed by atoms with van der Waals surface area (Å²) in [6.07, 6.45) is -0.454. The lowest BCUT2D eigenvalue weighted by Crippen LogP contribution is -2.08. The topological polar surface area (TPSA) is 26.3 Å². The highest BCUT2D eigenvalue weighted by Crippen LogP contribution is 2.29. The first kappa shape index (κ1) is 15.5. The van der Waals surface area contributed by atoms with Gasteiger partial charge in [-0.2, -0.15) is 13.2 Å². The van der Waals surface area contributed by atoms with Crippen molar-refractivity contribution in [2.45, 2.75) is 38.8 Å². The molecular weight excluding hydrogens is 257 g/mol. The zero-order chi connectivity index (χ0) is 14.3. The van der Waals surface area contributed by atoms with Crippen LogP contribution in [0.25, 0.3) is 0 Å². The Morgan fingerprint density at radius 3 is 2.26 bits per heavy atom. The molecule has 0 fully saturated rings. The van der Waals surface area contributed by atoms with Crippen molar-refractivity contribution >= 4 is 5.97 Å². The molecule has 0 spiro atoms. The summed E-state index contributed by atoms with van der Waals surface area (Å²) in [6, 6.07) is 4.04. The van der Waals surface area contributed by atoms with Gasteiger partial charge < -0.3 is 4.74 Å². The van der Waals surface area contributed by atoms with Crippen molar-refractivity contribution in [1.82, 2.24) is 0 Å². The van der Waals surface area contributed by atoms with Crippen molar-refractivity contribution in [2.24, 2.45) is 0 Å². The average Bonchev–Trinajstić information content (AvgIpc) is 2.37. The Hall–Kier alpha value is -1.52. The van der Waals surface area contributed by atoms with Crippen molar-refractivity contribution in [2.75, 3.05) is 6.61 Å². The molecular formula is C14H17F3O2. The fourth-order valence-electron chi connectivity index (χ4n) is 1.57. The third-order valence-corrected chi connectivity index (χ3v) is 2.68. The predicted molar refractivity (Wildman–Crippen MR) is 65.9 cm³/mol. The van der Waals surface area contributed by atoms with Gasteiger partial charge in [0.2, 0.25) is 0 Å². The van der Waals surface area contributed by atoms with Gasteiger partial charge in [-0.25, -0.2) is 4.79 Å². The molecule has 0 aliphatic carbocycles. The molecule has 19 heavy (non-hydrogen) atoms. The Morgan fingerprint density at radius 1 is 1.11 bits per heavy atom. The number of carbonyl (C=O) groups excluding carboxylic acids is 1. The van der Waals surface area contributed by atoms with Crippen LogP contribution in [-0.2, 0) is 10.9 Å². The second-order valence-electron chi connectivity index (χ2n) is 4.27. The van der Waals surface area contributed by atoms with Gasteiger partial charge in [-0.1, -0.05) is 26.2 Å².